The molecule has 1 aliphatic heterocycles. The monoisotopic (exact) mass is 195 g/mol. The Morgan fingerprint density at radius 3 is 2.93 bits per heavy atom. The van der Waals surface area contributed by atoms with Crippen molar-refractivity contribution in [3.63, 3.8) is 0 Å². The highest BCUT2D eigenvalue weighted by Crippen LogP contribution is 2.24. The molecule has 0 radical (unpaired) electrons. The number of hydrogen-bond acceptors (Lipinski definition) is 3. The Bertz CT molecular complexity index is 221. The summed E-state index contributed by atoms with van der Waals surface area (Å²) in [5.41, 5.74) is -0.305. The van der Waals surface area contributed by atoms with Crippen molar-refractivity contribution in [1.82, 2.24) is 10.6 Å². The molecule has 1 rings (SSSR count). The Kier molecular flexibility index (Phi) is 3.91. The standard InChI is InChI=1S/C11H21N3/c1-4-10(3)14-11(8-12)5-6-13-7-9(11)2/h9-10,13-14H,4-7H2,1-3H3. The second-order valence-corrected chi connectivity index (χ2v) is 4.39. The molecule has 2 N–H and O–H groups in total. The van der Waals surface area contributed by atoms with Gasteiger partial charge in [-0.05, 0) is 26.3 Å². The smallest absolute Gasteiger partial charge is 0.111 e. The number of piperidine rings is 1. The summed E-state index contributed by atoms with van der Waals surface area (Å²) in [7, 11) is 0. The second kappa shape index (κ2) is 4.77. The van der Waals surface area contributed by atoms with E-state index in [1.54, 1.807) is 0 Å². The molecular formula is C11H21N3. The predicted molar refractivity (Wildman–Crippen MR) is 57.9 cm³/mol. The Hall–Kier alpha value is -0.590. The van der Waals surface area contributed by atoms with Gasteiger partial charge in [0.25, 0.3) is 0 Å². The topological polar surface area (TPSA) is 47.9 Å². The van der Waals surface area contributed by atoms with E-state index in [0.29, 0.717) is 12.0 Å². The average molecular weight is 195 g/mol. The number of nitrogens with zero attached hydrogens (tertiary/aromatic N) is 1. The van der Waals surface area contributed by atoms with E-state index in [4.69, 9.17) is 0 Å². The van der Waals surface area contributed by atoms with E-state index in [-0.39, 0.29) is 5.54 Å². The number of nitrogens with one attached hydrogen (secondary N) is 2. The van der Waals surface area contributed by atoms with Gasteiger partial charge in [-0.3, -0.25) is 5.32 Å². The minimum absolute atomic E-state index is 0.305. The molecule has 80 valence electrons. The van der Waals surface area contributed by atoms with Gasteiger partial charge in [0.05, 0.1) is 6.07 Å². The number of hydrogen-bond donors (Lipinski definition) is 2. The Balaban J connectivity index is 2.69. The molecule has 0 spiro atoms. The van der Waals surface area contributed by atoms with E-state index in [1.165, 1.54) is 0 Å². The van der Waals surface area contributed by atoms with Crippen LogP contribution in [0.5, 0.6) is 0 Å². The molecule has 0 aromatic carbocycles. The lowest BCUT2D eigenvalue weighted by Crippen LogP contribution is -2.59. The van der Waals surface area contributed by atoms with Gasteiger partial charge in [-0.1, -0.05) is 13.8 Å². The van der Waals surface area contributed by atoms with Crippen LogP contribution in [-0.4, -0.2) is 24.7 Å². The van der Waals surface area contributed by atoms with Crippen molar-refractivity contribution in [1.29, 1.82) is 5.26 Å². The van der Waals surface area contributed by atoms with Gasteiger partial charge in [0.1, 0.15) is 5.54 Å². The highest BCUT2D eigenvalue weighted by molar-refractivity contribution is 5.13. The van der Waals surface area contributed by atoms with Gasteiger partial charge in [0.15, 0.2) is 0 Å². The zero-order valence-electron chi connectivity index (χ0n) is 9.43. The summed E-state index contributed by atoms with van der Waals surface area (Å²) in [6.45, 7) is 8.32. The molecule has 0 amide bonds. The third kappa shape index (κ3) is 2.26. The largest absolute Gasteiger partial charge is 0.316 e. The van der Waals surface area contributed by atoms with E-state index in [0.717, 1.165) is 25.9 Å². The zero-order chi connectivity index (χ0) is 10.6. The van der Waals surface area contributed by atoms with Crippen molar-refractivity contribution in [2.45, 2.75) is 45.2 Å². The molecule has 1 fully saturated rings. The molecule has 3 unspecified atom stereocenters. The van der Waals surface area contributed by atoms with Crippen molar-refractivity contribution in [3.8, 4) is 6.07 Å². The molecule has 0 aromatic heterocycles. The summed E-state index contributed by atoms with van der Waals surface area (Å²) >= 11 is 0. The first kappa shape index (κ1) is 11.5. The van der Waals surface area contributed by atoms with E-state index in [2.05, 4.69) is 37.5 Å². The van der Waals surface area contributed by atoms with Gasteiger partial charge in [-0.15, -0.1) is 0 Å². The van der Waals surface area contributed by atoms with Crippen molar-refractivity contribution < 1.29 is 0 Å². The summed E-state index contributed by atoms with van der Waals surface area (Å²) in [6, 6.07) is 2.91. The van der Waals surface area contributed by atoms with Gasteiger partial charge in [0.2, 0.25) is 0 Å². The van der Waals surface area contributed by atoms with Crippen molar-refractivity contribution in [2.75, 3.05) is 13.1 Å². The van der Waals surface area contributed by atoms with Gasteiger partial charge < -0.3 is 5.32 Å². The summed E-state index contributed by atoms with van der Waals surface area (Å²) in [5, 5.41) is 16.1. The van der Waals surface area contributed by atoms with Crippen LogP contribution in [0.2, 0.25) is 0 Å². The average Bonchev–Trinajstić information content (AvgIpc) is 2.21. The van der Waals surface area contributed by atoms with Crippen LogP contribution >= 0.6 is 0 Å². The van der Waals surface area contributed by atoms with Crippen molar-refractivity contribution in [3.05, 3.63) is 0 Å². The molecule has 0 bridgehead atoms. The molecule has 3 atom stereocenters. The lowest BCUT2D eigenvalue weighted by Gasteiger charge is -2.40. The van der Waals surface area contributed by atoms with E-state index < -0.39 is 0 Å². The maximum Gasteiger partial charge on any atom is 0.111 e. The van der Waals surface area contributed by atoms with E-state index in [9.17, 15) is 5.26 Å². The van der Waals surface area contributed by atoms with Gasteiger partial charge in [-0.2, -0.15) is 5.26 Å². The van der Waals surface area contributed by atoms with Crippen LogP contribution in [-0.2, 0) is 0 Å². The lowest BCUT2D eigenvalue weighted by molar-refractivity contribution is 0.208. The highest BCUT2D eigenvalue weighted by Gasteiger charge is 2.38. The van der Waals surface area contributed by atoms with Gasteiger partial charge >= 0.3 is 0 Å². The predicted octanol–water partition coefficient (Wildman–Crippen LogP) is 1.27. The van der Waals surface area contributed by atoms with E-state index in [1.807, 2.05) is 0 Å². The van der Waals surface area contributed by atoms with Gasteiger partial charge in [-0.25, -0.2) is 0 Å². The minimum atomic E-state index is -0.305. The zero-order valence-corrected chi connectivity index (χ0v) is 9.43. The Morgan fingerprint density at radius 2 is 2.43 bits per heavy atom. The molecule has 1 aliphatic rings. The first-order valence-corrected chi connectivity index (χ1v) is 5.54. The fraction of sp³-hybridized carbons (Fsp3) is 0.909. The molecule has 3 nitrogen and oxygen atoms in total. The SMILES string of the molecule is CCC(C)NC1(C#N)CCNCC1C. The van der Waals surface area contributed by atoms with E-state index >= 15 is 0 Å². The maximum atomic E-state index is 9.32. The number of rotatable bonds is 3. The minimum Gasteiger partial charge on any atom is -0.316 e. The summed E-state index contributed by atoms with van der Waals surface area (Å²) in [4.78, 5) is 0. The van der Waals surface area contributed by atoms with Crippen LogP contribution in [0.25, 0.3) is 0 Å². The molecule has 14 heavy (non-hydrogen) atoms. The highest BCUT2D eigenvalue weighted by atomic mass is 15.1. The summed E-state index contributed by atoms with van der Waals surface area (Å²) < 4.78 is 0. The van der Waals surface area contributed by atoms with Crippen LogP contribution < -0.4 is 10.6 Å². The molecule has 1 saturated heterocycles. The van der Waals surface area contributed by atoms with Crippen LogP contribution in [0.4, 0.5) is 0 Å². The van der Waals surface area contributed by atoms with Crippen molar-refractivity contribution in [2.24, 2.45) is 5.92 Å². The van der Waals surface area contributed by atoms with Crippen LogP contribution in [0.3, 0.4) is 0 Å². The summed E-state index contributed by atoms with van der Waals surface area (Å²) in [6.07, 6.45) is 1.98. The maximum absolute atomic E-state index is 9.32. The molecule has 3 heteroatoms. The lowest BCUT2D eigenvalue weighted by atomic mass is 9.80. The molecule has 1 heterocycles. The number of nitriles is 1. The van der Waals surface area contributed by atoms with Crippen LogP contribution in [0, 0.1) is 17.2 Å². The van der Waals surface area contributed by atoms with Crippen molar-refractivity contribution >= 4 is 0 Å². The second-order valence-electron chi connectivity index (χ2n) is 4.39. The fourth-order valence-corrected chi connectivity index (χ4v) is 1.98. The fourth-order valence-electron chi connectivity index (χ4n) is 1.98. The molecule has 0 aromatic rings. The molecule has 0 aliphatic carbocycles. The third-order valence-electron chi connectivity index (χ3n) is 3.30. The Morgan fingerprint density at radius 1 is 1.71 bits per heavy atom. The molecule has 0 saturated carbocycles. The summed E-state index contributed by atoms with van der Waals surface area (Å²) in [5.74, 6) is 0.384. The third-order valence-corrected chi connectivity index (χ3v) is 3.30. The normalized spacial score (nSPS) is 34.9. The van der Waals surface area contributed by atoms with Crippen LogP contribution in [0.1, 0.15) is 33.6 Å². The quantitative estimate of drug-likeness (QED) is 0.713. The first-order chi connectivity index (χ1) is 6.64. The van der Waals surface area contributed by atoms with Crippen LogP contribution in [0.15, 0.2) is 0 Å². The molecular weight excluding hydrogens is 174 g/mol. The Labute approximate surface area is 86.9 Å². The van der Waals surface area contributed by atoms with Gasteiger partial charge in [0, 0.05) is 18.5 Å². The first-order valence-electron chi connectivity index (χ1n) is 5.54.